The number of hydrogen-bond donors (Lipinski definition) is 0. The minimum Gasteiger partial charge on any atom is -0.179 e. The summed E-state index contributed by atoms with van der Waals surface area (Å²) in [6.45, 7) is 0. The second-order valence-corrected chi connectivity index (χ2v) is 6.79. The van der Waals surface area contributed by atoms with Gasteiger partial charge in [-0.05, 0) is 12.8 Å². The van der Waals surface area contributed by atoms with E-state index in [1.54, 1.807) is 0 Å². The molecule has 0 spiro atoms. The zero-order valence-corrected chi connectivity index (χ0v) is 15.8. The van der Waals surface area contributed by atoms with E-state index in [-0.39, 0.29) is 16.5 Å². The topological polar surface area (TPSA) is 0 Å². The molecule has 0 atom stereocenters. The Kier molecular flexibility index (Phi) is 4.97. The molecule has 6 rings (SSSR count). The van der Waals surface area contributed by atoms with E-state index in [1.165, 1.54) is 44.5 Å². The molecule has 0 aromatic heterocycles. The average Bonchev–Trinajstić information content (AvgIpc) is 3.27. The number of hydrogen-bond acceptors (Lipinski definition) is 0. The van der Waals surface area contributed by atoms with Gasteiger partial charge in [0.05, 0.1) is 0 Å². The van der Waals surface area contributed by atoms with Crippen molar-refractivity contribution in [3.8, 4) is 22.3 Å². The monoisotopic (exact) mass is 388 g/mol. The fraction of sp³-hybridized carbons (Fsp3) is 0.0769. The maximum Gasteiger partial charge on any atom is 2.00 e. The largest absolute Gasteiger partial charge is 2.00 e. The SMILES string of the molecule is [Ni+2].[c-]1cccc2c1Cc1ccccc1-2.[c-]1cccc2c1Cc1ccccc1-2. The maximum atomic E-state index is 3.30. The van der Waals surface area contributed by atoms with Gasteiger partial charge in [0, 0.05) is 0 Å². The number of fused-ring (bicyclic) bond motifs is 6. The van der Waals surface area contributed by atoms with Crippen LogP contribution >= 0.6 is 0 Å². The van der Waals surface area contributed by atoms with Crippen molar-refractivity contribution in [1.82, 2.24) is 0 Å². The van der Waals surface area contributed by atoms with Crippen molar-refractivity contribution in [2.45, 2.75) is 12.8 Å². The van der Waals surface area contributed by atoms with Crippen LogP contribution in [0.4, 0.5) is 0 Å². The molecule has 132 valence electrons. The van der Waals surface area contributed by atoms with Gasteiger partial charge in [0.2, 0.25) is 0 Å². The van der Waals surface area contributed by atoms with Gasteiger partial charge in [-0.2, -0.15) is 59.7 Å². The summed E-state index contributed by atoms with van der Waals surface area (Å²) in [5, 5.41) is 0. The molecule has 0 saturated heterocycles. The number of benzene rings is 4. The summed E-state index contributed by atoms with van der Waals surface area (Å²) in [6, 6.07) is 36.2. The van der Waals surface area contributed by atoms with Crippen molar-refractivity contribution in [1.29, 1.82) is 0 Å². The van der Waals surface area contributed by atoms with Crippen LogP contribution in [0.3, 0.4) is 0 Å². The summed E-state index contributed by atoms with van der Waals surface area (Å²) in [6.07, 6.45) is 2.10. The van der Waals surface area contributed by atoms with E-state index in [4.69, 9.17) is 0 Å². The molecule has 0 N–H and O–H groups in total. The molecule has 27 heavy (non-hydrogen) atoms. The predicted molar refractivity (Wildman–Crippen MR) is 107 cm³/mol. The van der Waals surface area contributed by atoms with Gasteiger partial charge < -0.3 is 0 Å². The third-order valence-electron chi connectivity index (χ3n) is 5.23. The van der Waals surface area contributed by atoms with E-state index < -0.39 is 0 Å². The molecule has 0 fully saturated rings. The van der Waals surface area contributed by atoms with Crippen molar-refractivity contribution in [2.24, 2.45) is 0 Å². The van der Waals surface area contributed by atoms with E-state index in [9.17, 15) is 0 Å². The van der Waals surface area contributed by atoms with Crippen molar-refractivity contribution in [3.63, 3.8) is 0 Å². The quantitative estimate of drug-likeness (QED) is 0.217. The van der Waals surface area contributed by atoms with Crippen molar-refractivity contribution < 1.29 is 16.5 Å². The first-order valence-corrected chi connectivity index (χ1v) is 9.06. The molecule has 4 aromatic carbocycles. The molecular formula is C26H18Ni. The summed E-state index contributed by atoms with van der Waals surface area (Å²) in [5.41, 5.74) is 11.0. The molecule has 0 radical (unpaired) electrons. The molecule has 0 nitrogen and oxygen atoms in total. The van der Waals surface area contributed by atoms with Crippen LogP contribution in [0, 0.1) is 12.1 Å². The summed E-state index contributed by atoms with van der Waals surface area (Å²) in [5.74, 6) is 0. The van der Waals surface area contributed by atoms with Gasteiger partial charge in [-0.1, -0.05) is 70.8 Å². The maximum absolute atomic E-state index is 3.30. The molecular weight excluding hydrogens is 371 g/mol. The Labute approximate surface area is 170 Å². The summed E-state index contributed by atoms with van der Waals surface area (Å²) < 4.78 is 0. The molecule has 4 aromatic rings. The second kappa shape index (κ2) is 7.55. The first kappa shape index (κ1) is 17.8. The van der Waals surface area contributed by atoms with Gasteiger partial charge in [-0.15, -0.1) is 11.1 Å². The first-order chi connectivity index (χ1) is 12.9. The van der Waals surface area contributed by atoms with Crippen LogP contribution < -0.4 is 0 Å². The molecule has 1 heteroatoms. The van der Waals surface area contributed by atoms with Gasteiger partial charge >= 0.3 is 16.5 Å². The molecule has 2 aliphatic carbocycles. The van der Waals surface area contributed by atoms with Gasteiger partial charge in [-0.25, -0.2) is 0 Å². The molecule has 0 saturated carbocycles. The predicted octanol–water partition coefficient (Wildman–Crippen LogP) is 6.11. The minimum atomic E-state index is 0. The first-order valence-electron chi connectivity index (χ1n) is 9.06. The van der Waals surface area contributed by atoms with Crippen molar-refractivity contribution >= 4 is 0 Å². The second-order valence-electron chi connectivity index (χ2n) is 6.79. The molecule has 0 bridgehead atoms. The normalized spacial score (nSPS) is 11.9. The van der Waals surface area contributed by atoms with Crippen LogP contribution in [0.15, 0.2) is 84.9 Å². The van der Waals surface area contributed by atoms with E-state index in [2.05, 4.69) is 84.9 Å². The smallest absolute Gasteiger partial charge is 0.179 e. The van der Waals surface area contributed by atoms with Crippen LogP contribution in [-0.4, -0.2) is 0 Å². The van der Waals surface area contributed by atoms with Gasteiger partial charge in [0.25, 0.3) is 0 Å². The Morgan fingerprint density at radius 1 is 0.481 bits per heavy atom. The van der Waals surface area contributed by atoms with Crippen LogP contribution in [0.2, 0.25) is 0 Å². The van der Waals surface area contributed by atoms with Gasteiger partial charge in [-0.3, -0.25) is 0 Å². The number of rotatable bonds is 0. The third kappa shape index (κ3) is 3.24. The van der Waals surface area contributed by atoms with Crippen molar-refractivity contribution in [2.75, 3.05) is 0 Å². The van der Waals surface area contributed by atoms with E-state index in [0.717, 1.165) is 12.8 Å². The third-order valence-corrected chi connectivity index (χ3v) is 5.23. The van der Waals surface area contributed by atoms with Crippen LogP contribution in [0.5, 0.6) is 0 Å². The summed E-state index contributed by atoms with van der Waals surface area (Å²) in [4.78, 5) is 0. The summed E-state index contributed by atoms with van der Waals surface area (Å²) >= 11 is 0. The Balaban J connectivity index is 0.000000129. The fourth-order valence-electron chi connectivity index (χ4n) is 4.00. The van der Waals surface area contributed by atoms with E-state index in [1.807, 2.05) is 12.1 Å². The minimum absolute atomic E-state index is 0. The van der Waals surface area contributed by atoms with Crippen LogP contribution in [-0.2, 0) is 29.3 Å². The standard InChI is InChI=1S/2C13H9.Ni/c2*1-3-7-12-10(5-1)9-11-6-2-4-8-13(11)12;/h2*1-5,7-8H,9H2;/q2*-1;+2. The Bertz CT molecular complexity index is 918. The van der Waals surface area contributed by atoms with E-state index >= 15 is 0 Å². The average molecular weight is 389 g/mol. The fourth-order valence-corrected chi connectivity index (χ4v) is 4.00. The zero-order chi connectivity index (χ0) is 17.3. The molecule has 0 aliphatic heterocycles. The molecule has 2 aliphatic rings. The Hall–Kier alpha value is -2.63. The van der Waals surface area contributed by atoms with Crippen LogP contribution in [0.1, 0.15) is 22.3 Å². The van der Waals surface area contributed by atoms with Crippen molar-refractivity contribution in [3.05, 3.63) is 119 Å². The summed E-state index contributed by atoms with van der Waals surface area (Å²) in [7, 11) is 0. The Morgan fingerprint density at radius 3 is 1.37 bits per heavy atom. The van der Waals surface area contributed by atoms with Gasteiger partial charge in [0.15, 0.2) is 0 Å². The molecule has 0 unspecified atom stereocenters. The van der Waals surface area contributed by atoms with Gasteiger partial charge in [0.1, 0.15) is 0 Å². The molecule has 0 heterocycles. The molecule has 0 amide bonds. The Morgan fingerprint density at radius 2 is 0.889 bits per heavy atom. The van der Waals surface area contributed by atoms with E-state index in [0.29, 0.717) is 0 Å². The zero-order valence-electron chi connectivity index (χ0n) is 14.8. The van der Waals surface area contributed by atoms with Crippen LogP contribution in [0.25, 0.3) is 22.3 Å².